The summed E-state index contributed by atoms with van der Waals surface area (Å²) in [6.45, 7) is 5.01. The molecule has 1 aliphatic rings. The van der Waals surface area contributed by atoms with Crippen LogP contribution >= 0.6 is 12.4 Å². The molecule has 1 aromatic carbocycles. The fraction of sp³-hybridized carbons (Fsp3) is 0.588. The van der Waals surface area contributed by atoms with Crippen LogP contribution in [0.4, 0.5) is 0 Å². The summed E-state index contributed by atoms with van der Waals surface area (Å²) in [5.41, 5.74) is 0.745. The molecule has 1 heterocycles. The van der Waals surface area contributed by atoms with Crippen molar-refractivity contribution in [3.05, 3.63) is 29.8 Å². The molecule has 1 aromatic rings. The van der Waals surface area contributed by atoms with Gasteiger partial charge in [-0.1, -0.05) is 18.6 Å². The number of carbonyl (C=O) groups excluding carboxylic acids is 1. The lowest BCUT2D eigenvalue weighted by molar-refractivity contribution is -0.124. The smallest absolute Gasteiger partial charge is 0.237 e. The van der Waals surface area contributed by atoms with Crippen LogP contribution in [-0.2, 0) is 4.79 Å². The summed E-state index contributed by atoms with van der Waals surface area (Å²) in [7, 11) is 0. The Morgan fingerprint density at radius 2 is 2.22 bits per heavy atom. The van der Waals surface area contributed by atoms with Crippen LogP contribution in [0.15, 0.2) is 24.3 Å². The zero-order chi connectivity index (χ0) is 15.9. The molecule has 0 aromatic heterocycles. The van der Waals surface area contributed by atoms with Crippen LogP contribution in [0.2, 0.25) is 0 Å². The van der Waals surface area contributed by atoms with Crippen LogP contribution in [0.3, 0.4) is 0 Å². The predicted molar refractivity (Wildman–Crippen MR) is 93.1 cm³/mol. The fourth-order valence-electron chi connectivity index (χ4n) is 2.58. The van der Waals surface area contributed by atoms with Gasteiger partial charge in [-0.2, -0.15) is 0 Å². The third kappa shape index (κ3) is 6.37. The van der Waals surface area contributed by atoms with Crippen molar-refractivity contribution in [1.29, 1.82) is 0 Å². The maximum absolute atomic E-state index is 12.0. The minimum Gasteiger partial charge on any atom is -0.491 e. The molecule has 23 heavy (non-hydrogen) atoms. The molecule has 2 rings (SSSR count). The van der Waals surface area contributed by atoms with E-state index in [4.69, 9.17) is 4.74 Å². The van der Waals surface area contributed by atoms with E-state index in [9.17, 15) is 9.90 Å². The van der Waals surface area contributed by atoms with Gasteiger partial charge in [0.15, 0.2) is 0 Å². The van der Waals surface area contributed by atoms with Crippen LogP contribution in [-0.4, -0.2) is 36.2 Å². The van der Waals surface area contributed by atoms with Gasteiger partial charge in [0.25, 0.3) is 0 Å². The SMILES string of the molecule is CC(C)Oc1cccc(C(O)CNC(=O)C2CCCCN2)c1.Cl. The molecule has 5 nitrogen and oxygen atoms in total. The lowest BCUT2D eigenvalue weighted by Crippen LogP contribution is -2.47. The molecule has 1 aliphatic heterocycles. The number of benzene rings is 1. The zero-order valence-electron chi connectivity index (χ0n) is 13.7. The van der Waals surface area contributed by atoms with Gasteiger partial charge in [0.2, 0.25) is 5.91 Å². The van der Waals surface area contributed by atoms with E-state index in [0.29, 0.717) is 0 Å². The van der Waals surface area contributed by atoms with Crippen LogP contribution < -0.4 is 15.4 Å². The Morgan fingerprint density at radius 3 is 2.87 bits per heavy atom. The molecular weight excluding hydrogens is 316 g/mol. The van der Waals surface area contributed by atoms with Crippen molar-refractivity contribution in [2.75, 3.05) is 13.1 Å². The topological polar surface area (TPSA) is 70.6 Å². The summed E-state index contributed by atoms with van der Waals surface area (Å²) >= 11 is 0. The van der Waals surface area contributed by atoms with Crippen molar-refractivity contribution in [3.8, 4) is 5.75 Å². The molecule has 3 N–H and O–H groups in total. The Balaban J connectivity index is 0.00000264. The predicted octanol–water partition coefficient (Wildman–Crippen LogP) is 2.19. The van der Waals surface area contributed by atoms with E-state index in [1.54, 1.807) is 0 Å². The summed E-state index contributed by atoms with van der Waals surface area (Å²) in [5.74, 6) is 0.695. The highest BCUT2D eigenvalue weighted by atomic mass is 35.5. The first kappa shape index (κ1) is 19.7. The number of aliphatic hydroxyl groups excluding tert-OH is 1. The van der Waals surface area contributed by atoms with E-state index in [1.807, 2.05) is 38.1 Å². The van der Waals surface area contributed by atoms with Gasteiger partial charge < -0.3 is 20.5 Å². The van der Waals surface area contributed by atoms with Gasteiger partial charge in [-0.25, -0.2) is 0 Å². The monoisotopic (exact) mass is 342 g/mol. The largest absolute Gasteiger partial charge is 0.491 e. The van der Waals surface area contributed by atoms with E-state index in [-0.39, 0.29) is 37.0 Å². The van der Waals surface area contributed by atoms with Crippen molar-refractivity contribution in [3.63, 3.8) is 0 Å². The number of piperidine rings is 1. The zero-order valence-corrected chi connectivity index (χ0v) is 14.6. The van der Waals surface area contributed by atoms with Gasteiger partial charge in [0, 0.05) is 6.54 Å². The third-order valence-corrected chi connectivity index (χ3v) is 3.71. The van der Waals surface area contributed by atoms with Crippen molar-refractivity contribution >= 4 is 18.3 Å². The van der Waals surface area contributed by atoms with E-state index >= 15 is 0 Å². The van der Waals surface area contributed by atoms with E-state index in [2.05, 4.69) is 10.6 Å². The van der Waals surface area contributed by atoms with Crippen molar-refractivity contribution in [2.24, 2.45) is 0 Å². The lowest BCUT2D eigenvalue weighted by Gasteiger charge is -2.23. The van der Waals surface area contributed by atoms with Gasteiger partial charge in [-0.3, -0.25) is 4.79 Å². The number of nitrogens with one attached hydrogen (secondary N) is 2. The first-order valence-electron chi connectivity index (χ1n) is 8.02. The highest BCUT2D eigenvalue weighted by Gasteiger charge is 2.21. The first-order chi connectivity index (χ1) is 10.6. The first-order valence-corrected chi connectivity index (χ1v) is 8.02. The van der Waals surface area contributed by atoms with Crippen LogP contribution in [0, 0.1) is 0 Å². The van der Waals surface area contributed by atoms with Crippen LogP contribution in [0.25, 0.3) is 0 Å². The summed E-state index contributed by atoms with van der Waals surface area (Å²) in [5, 5.41) is 16.3. The summed E-state index contributed by atoms with van der Waals surface area (Å²) in [4.78, 5) is 12.0. The fourth-order valence-corrected chi connectivity index (χ4v) is 2.58. The molecular formula is C17H27ClN2O3. The number of hydrogen-bond donors (Lipinski definition) is 3. The highest BCUT2D eigenvalue weighted by Crippen LogP contribution is 2.20. The molecule has 0 saturated carbocycles. The van der Waals surface area contributed by atoms with Gasteiger partial charge >= 0.3 is 0 Å². The summed E-state index contributed by atoms with van der Waals surface area (Å²) in [6.07, 6.45) is 2.41. The Morgan fingerprint density at radius 1 is 1.43 bits per heavy atom. The maximum Gasteiger partial charge on any atom is 0.237 e. The second-order valence-electron chi connectivity index (χ2n) is 6.00. The molecule has 0 radical (unpaired) electrons. The molecule has 0 spiro atoms. The van der Waals surface area contributed by atoms with Gasteiger partial charge in [-0.05, 0) is 50.9 Å². The van der Waals surface area contributed by atoms with Crippen molar-refractivity contribution < 1.29 is 14.6 Å². The number of carbonyl (C=O) groups is 1. The van der Waals surface area contributed by atoms with E-state index in [0.717, 1.165) is 37.1 Å². The number of ether oxygens (including phenoxy) is 1. The quantitative estimate of drug-likeness (QED) is 0.741. The molecule has 1 amide bonds. The molecule has 0 aliphatic carbocycles. The van der Waals surface area contributed by atoms with Crippen molar-refractivity contribution in [2.45, 2.75) is 51.4 Å². The number of halogens is 1. The number of aliphatic hydroxyl groups is 1. The number of hydrogen-bond acceptors (Lipinski definition) is 4. The third-order valence-electron chi connectivity index (χ3n) is 3.71. The minimum atomic E-state index is -0.733. The van der Waals surface area contributed by atoms with Crippen LogP contribution in [0.1, 0.15) is 44.8 Å². The van der Waals surface area contributed by atoms with Gasteiger partial charge in [0.05, 0.1) is 18.2 Å². The average molecular weight is 343 g/mol. The molecule has 130 valence electrons. The second-order valence-corrected chi connectivity index (χ2v) is 6.00. The minimum absolute atomic E-state index is 0. The average Bonchev–Trinajstić information content (AvgIpc) is 2.52. The van der Waals surface area contributed by atoms with Gasteiger partial charge in [0.1, 0.15) is 5.75 Å². The maximum atomic E-state index is 12.0. The highest BCUT2D eigenvalue weighted by molar-refractivity contribution is 5.85. The molecule has 2 atom stereocenters. The van der Waals surface area contributed by atoms with Crippen LogP contribution in [0.5, 0.6) is 5.75 Å². The summed E-state index contributed by atoms with van der Waals surface area (Å²) < 4.78 is 5.62. The van der Waals surface area contributed by atoms with E-state index < -0.39 is 6.10 Å². The normalized spacial score (nSPS) is 18.9. The molecule has 1 saturated heterocycles. The summed E-state index contributed by atoms with van der Waals surface area (Å²) in [6, 6.07) is 7.23. The Kier molecular flexibility index (Phi) is 8.37. The number of amides is 1. The standard InChI is InChI=1S/C17H26N2O3.ClH/c1-12(2)22-14-7-5-6-13(10-14)16(20)11-19-17(21)15-8-3-4-9-18-15;/h5-7,10,12,15-16,18,20H,3-4,8-9,11H2,1-2H3,(H,19,21);1H. The second kappa shape index (κ2) is 9.75. The Bertz CT molecular complexity index is 490. The Labute approximate surface area is 144 Å². The number of rotatable bonds is 6. The van der Waals surface area contributed by atoms with Gasteiger partial charge in [-0.15, -0.1) is 12.4 Å². The molecule has 0 bridgehead atoms. The molecule has 2 unspecified atom stereocenters. The van der Waals surface area contributed by atoms with E-state index in [1.165, 1.54) is 0 Å². The molecule has 1 fully saturated rings. The molecule has 6 heteroatoms. The van der Waals surface area contributed by atoms with Crippen molar-refractivity contribution in [1.82, 2.24) is 10.6 Å². The lowest BCUT2D eigenvalue weighted by atomic mass is 10.0. The Hall–Kier alpha value is -1.30.